The van der Waals surface area contributed by atoms with Crippen LogP contribution in [0.4, 0.5) is 0 Å². The predicted octanol–water partition coefficient (Wildman–Crippen LogP) is -0.0364. The highest BCUT2D eigenvalue weighted by molar-refractivity contribution is 5.93. The molecule has 2 rings (SSSR count). The second-order valence-corrected chi connectivity index (χ2v) is 2.91. The molecule has 72 valence electrons. The van der Waals surface area contributed by atoms with Crippen molar-refractivity contribution in [3.63, 3.8) is 0 Å². The molecule has 0 radical (unpaired) electrons. The summed E-state index contributed by atoms with van der Waals surface area (Å²) in [5, 5.41) is 10.2. The summed E-state index contributed by atoms with van der Waals surface area (Å²) in [6, 6.07) is 1.80. The van der Waals surface area contributed by atoms with Crippen LogP contribution in [0.25, 0.3) is 0 Å². The summed E-state index contributed by atoms with van der Waals surface area (Å²) in [5.74, 6) is 0.164. The first-order valence-corrected chi connectivity index (χ1v) is 4.13. The summed E-state index contributed by atoms with van der Waals surface area (Å²) in [7, 11) is 1.81. The van der Waals surface area contributed by atoms with Crippen LogP contribution in [0.5, 0.6) is 0 Å². The minimum atomic E-state index is -0.110. The van der Waals surface area contributed by atoms with Crippen molar-refractivity contribution < 1.29 is 4.79 Å². The van der Waals surface area contributed by atoms with E-state index < -0.39 is 0 Å². The van der Waals surface area contributed by atoms with Crippen molar-refractivity contribution in [1.29, 1.82) is 0 Å². The first-order valence-electron chi connectivity index (χ1n) is 4.13. The molecule has 0 fully saturated rings. The van der Waals surface area contributed by atoms with Crippen LogP contribution in [0, 0.1) is 0 Å². The monoisotopic (exact) mass is 191 g/mol. The lowest BCUT2D eigenvalue weighted by Crippen LogP contribution is -2.06. The summed E-state index contributed by atoms with van der Waals surface area (Å²) in [6.07, 6.45) is 3.35. The zero-order chi connectivity index (χ0) is 9.97. The zero-order valence-electron chi connectivity index (χ0n) is 7.64. The third-order valence-corrected chi connectivity index (χ3v) is 1.79. The SMILES string of the molecule is Cn1ccc(CC(=O)c2ncn[nH]2)n1. The van der Waals surface area contributed by atoms with Gasteiger partial charge < -0.3 is 0 Å². The van der Waals surface area contributed by atoms with E-state index in [1.54, 1.807) is 16.9 Å². The van der Waals surface area contributed by atoms with Crippen molar-refractivity contribution >= 4 is 5.78 Å². The minimum absolute atomic E-state index is 0.110. The Bertz CT molecular complexity index is 430. The van der Waals surface area contributed by atoms with Crippen LogP contribution in [0.1, 0.15) is 16.3 Å². The van der Waals surface area contributed by atoms with Crippen LogP contribution >= 0.6 is 0 Å². The molecule has 2 aromatic rings. The first-order chi connectivity index (χ1) is 6.75. The third kappa shape index (κ3) is 1.68. The van der Waals surface area contributed by atoms with Gasteiger partial charge in [-0.3, -0.25) is 14.6 Å². The van der Waals surface area contributed by atoms with Crippen molar-refractivity contribution in [2.24, 2.45) is 7.05 Å². The van der Waals surface area contributed by atoms with Gasteiger partial charge in [0.2, 0.25) is 5.78 Å². The van der Waals surface area contributed by atoms with E-state index in [4.69, 9.17) is 0 Å². The van der Waals surface area contributed by atoms with Gasteiger partial charge in [-0.2, -0.15) is 10.2 Å². The number of rotatable bonds is 3. The maximum Gasteiger partial charge on any atom is 0.205 e. The lowest BCUT2D eigenvalue weighted by Gasteiger charge is -1.92. The Morgan fingerprint density at radius 2 is 2.50 bits per heavy atom. The van der Waals surface area contributed by atoms with Gasteiger partial charge >= 0.3 is 0 Å². The molecule has 0 bridgehead atoms. The molecule has 0 aromatic carbocycles. The minimum Gasteiger partial charge on any atom is -0.290 e. The molecule has 0 saturated heterocycles. The van der Waals surface area contributed by atoms with Gasteiger partial charge in [0, 0.05) is 13.2 Å². The number of hydrogen-bond donors (Lipinski definition) is 1. The molecule has 2 aromatic heterocycles. The van der Waals surface area contributed by atoms with Gasteiger partial charge in [-0.25, -0.2) is 4.98 Å². The smallest absolute Gasteiger partial charge is 0.205 e. The maximum absolute atomic E-state index is 11.5. The number of ketones is 1. The summed E-state index contributed by atoms with van der Waals surface area (Å²) in [5.41, 5.74) is 0.730. The van der Waals surface area contributed by atoms with E-state index in [2.05, 4.69) is 20.3 Å². The van der Waals surface area contributed by atoms with Crippen LogP contribution in [0.3, 0.4) is 0 Å². The number of aromatic nitrogens is 5. The average Bonchev–Trinajstić information content (AvgIpc) is 2.75. The Hall–Kier alpha value is -1.98. The van der Waals surface area contributed by atoms with Gasteiger partial charge in [0.1, 0.15) is 6.33 Å². The molecular weight excluding hydrogens is 182 g/mol. The summed E-state index contributed by atoms with van der Waals surface area (Å²) < 4.78 is 1.66. The molecule has 0 aliphatic rings. The molecule has 6 heteroatoms. The van der Waals surface area contributed by atoms with E-state index in [9.17, 15) is 4.79 Å². The average molecular weight is 191 g/mol. The van der Waals surface area contributed by atoms with E-state index in [0.717, 1.165) is 5.69 Å². The fourth-order valence-corrected chi connectivity index (χ4v) is 1.15. The molecule has 0 saturated carbocycles. The van der Waals surface area contributed by atoms with Gasteiger partial charge in [-0.05, 0) is 6.07 Å². The van der Waals surface area contributed by atoms with Crippen LogP contribution in [0.2, 0.25) is 0 Å². The molecule has 2 heterocycles. The number of nitrogens with one attached hydrogen (secondary N) is 1. The highest BCUT2D eigenvalue weighted by Gasteiger charge is 2.10. The van der Waals surface area contributed by atoms with E-state index in [1.165, 1.54) is 6.33 Å². The molecule has 0 amide bonds. The topological polar surface area (TPSA) is 76.5 Å². The van der Waals surface area contributed by atoms with Crippen LogP contribution < -0.4 is 0 Å². The van der Waals surface area contributed by atoms with E-state index in [-0.39, 0.29) is 18.0 Å². The molecule has 0 unspecified atom stereocenters. The molecular formula is C8H9N5O. The van der Waals surface area contributed by atoms with Crippen molar-refractivity contribution in [2.45, 2.75) is 6.42 Å². The Labute approximate surface area is 80.0 Å². The van der Waals surface area contributed by atoms with Gasteiger partial charge in [0.25, 0.3) is 0 Å². The quantitative estimate of drug-likeness (QED) is 0.691. The number of aromatic amines is 1. The fraction of sp³-hybridized carbons (Fsp3) is 0.250. The molecule has 0 atom stereocenters. The number of aryl methyl sites for hydroxylation is 1. The molecule has 14 heavy (non-hydrogen) atoms. The Kier molecular flexibility index (Phi) is 2.10. The van der Waals surface area contributed by atoms with E-state index in [1.807, 2.05) is 7.05 Å². The Balaban J connectivity index is 2.09. The largest absolute Gasteiger partial charge is 0.290 e. The summed E-state index contributed by atoms with van der Waals surface area (Å²) in [6.45, 7) is 0. The summed E-state index contributed by atoms with van der Waals surface area (Å²) in [4.78, 5) is 15.3. The number of H-pyrrole nitrogens is 1. The second kappa shape index (κ2) is 3.41. The maximum atomic E-state index is 11.5. The van der Waals surface area contributed by atoms with Gasteiger partial charge in [0.05, 0.1) is 12.1 Å². The molecule has 6 nitrogen and oxygen atoms in total. The number of carbonyl (C=O) groups excluding carboxylic acids is 1. The second-order valence-electron chi connectivity index (χ2n) is 2.91. The van der Waals surface area contributed by atoms with Crippen molar-refractivity contribution in [1.82, 2.24) is 25.0 Å². The fourth-order valence-electron chi connectivity index (χ4n) is 1.15. The predicted molar refractivity (Wildman–Crippen MR) is 47.6 cm³/mol. The van der Waals surface area contributed by atoms with Crippen LogP contribution in [-0.2, 0) is 13.5 Å². The lowest BCUT2D eigenvalue weighted by atomic mass is 10.2. The van der Waals surface area contributed by atoms with Crippen molar-refractivity contribution in [3.05, 3.63) is 30.1 Å². The standard InChI is InChI=1S/C8H9N5O/c1-13-3-2-6(12-13)4-7(14)8-9-5-10-11-8/h2-3,5H,4H2,1H3,(H,9,10,11). The van der Waals surface area contributed by atoms with Gasteiger partial charge in [0.15, 0.2) is 5.82 Å². The van der Waals surface area contributed by atoms with Crippen LogP contribution in [-0.4, -0.2) is 30.7 Å². The van der Waals surface area contributed by atoms with Crippen molar-refractivity contribution in [3.8, 4) is 0 Å². The number of Topliss-reactive ketones (excluding diaryl/α,β-unsaturated/α-hetero) is 1. The summed E-state index contributed by atoms with van der Waals surface area (Å²) >= 11 is 0. The molecule has 0 spiro atoms. The lowest BCUT2D eigenvalue weighted by molar-refractivity contribution is 0.0982. The van der Waals surface area contributed by atoms with E-state index in [0.29, 0.717) is 0 Å². The highest BCUT2D eigenvalue weighted by Crippen LogP contribution is 2.00. The zero-order valence-corrected chi connectivity index (χ0v) is 7.64. The number of carbonyl (C=O) groups is 1. The first kappa shape index (κ1) is 8.61. The number of nitrogens with zero attached hydrogens (tertiary/aromatic N) is 4. The third-order valence-electron chi connectivity index (χ3n) is 1.79. The molecule has 0 aliphatic carbocycles. The molecule has 1 N–H and O–H groups in total. The molecule has 0 aliphatic heterocycles. The Morgan fingerprint density at radius 3 is 3.07 bits per heavy atom. The number of hydrogen-bond acceptors (Lipinski definition) is 4. The van der Waals surface area contributed by atoms with Crippen LogP contribution in [0.15, 0.2) is 18.6 Å². The Morgan fingerprint density at radius 1 is 1.64 bits per heavy atom. The van der Waals surface area contributed by atoms with E-state index >= 15 is 0 Å². The normalized spacial score (nSPS) is 10.4. The van der Waals surface area contributed by atoms with Crippen molar-refractivity contribution in [2.75, 3.05) is 0 Å². The van der Waals surface area contributed by atoms with Gasteiger partial charge in [-0.15, -0.1) is 0 Å². The van der Waals surface area contributed by atoms with Gasteiger partial charge in [-0.1, -0.05) is 0 Å². The highest BCUT2D eigenvalue weighted by atomic mass is 16.1.